The third-order valence-electron chi connectivity index (χ3n) is 6.57. The van der Waals surface area contributed by atoms with Crippen molar-refractivity contribution in [1.29, 1.82) is 0 Å². The fourth-order valence-corrected chi connectivity index (χ4v) is 7.72. The SMILES string of the molecule is C[C@H]1c2ccc3ccccc3c2-c2c(ccc3ccccc23)CP1c1ccccc1. The third-order valence-corrected chi connectivity index (χ3v) is 9.43. The van der Waals surface area contributed by atoms with Gasteiger partial charge < -0.3 is 0 Å². The fraction of sp³-hybridized carbons (Fsp3) is 0.103. The molecule has 6 rings (SSSR count). The van der Waals surface area contributed by atoms with E-state index in [1.165, 1.54) is 49.1 Å². The number of rotatable bonds is 1. The molecule has 0 aliphatic carbocycles. The van der Waals surface area contributed by atoms with Crippen LogP contribution in [0.5, 0.6) is 0 Å². The molecule has 30 heavy (non-hydrogen) atoms. The summed E-state index contributed by atoms with van der Waals surface area (Å²) in [5.41, 5.74) is 6.40. The van der Waals surface area contributed by atoms with Gasteiger partial charge in [-0.1, -0.05) is 118 Å². The van der Waals surface area contributed by atoms with Gasteiger partial charge in [0.05, 0.1) is 0 Å². The molecular formula is C29H23P. The first-order valence-corrected chi connectivity index (χ1v) is 12.3. The Bertz CT molecular complexity index is 1380. The lowest BCUT2D eigenvalue weighted by molar-refractivity contribution is 1.09. The lowest BCUT2D eigenvalue weighted by atomic mass is 9.87. The monoisotopic (exact) mass is 402 g/mol. The van der Waals surface area contributed by atoms with Crippen molar-refractivity contribution >= 4 is 34.8 Å². The third kappa shape index (κ3) is 2.72. The van der Waals surface area contributed by atoms with Crippen LogP contribution in [0.4, 0.5) is 0 Å². The van der Waals surface area contributed by atoms with Gasteiger partial charge in [-0.3, -0.25) is 0 Å². The van der Waals surface area contributed by atoms with Crippen LogP contribution in [-0.4, -0.2) is 0 Å². The molecule has 1 heterocycles. The van der Waals surface area contributed by atoms with Crippen molar-refractivity contribution in [2.75, 3.05) is 0 Å². The van der Waals surface area contributed by atoms with E-state index in [4.69, 9.17) is 0 Å². The van der Waals surface area contributed by atoms with Gasteiger partial charge in [0.15, 0.2) is 0 Å². The van der Waals surface area contributed by atoms with Gasteiger partial charge in [-0.25, -0.2) is 0 Å². The van der Waals surface area contributed by atoms with Crippen LogP contribution in [0.15, 0.2) is 103 Å². The van der Waals surface area contributed by atoms with Gasteiger partial charge in [-0.2, -0.15) is 0 Å². The smallest absolute Gasteiger partial charge is 0.00629 e. The standard InChI is InChI=1S/C29H23P/c1-20-25-18-17-22-10-6-8-14-27(22)29(25)28-23(16-15-21-9-5-7-13-26(21)28)19-30(20)24-11-3-2-4-12-24/h2-18,20H,19H2,1H3/t20-,30?/m0/s1. The molecule has 5 aromatic carbocycles. The molecule has 0 nitrogen and oxygen atoms in total. The molecule has 0 radical (unpaired) electrons. The van der Waals surface area contributed by atoms with Crippen molar-refractivity contribution in [2.45, 2.75) is 18.7 Å². The largest absolute Gasteiger partial charge is 0.0634 e. The van der Waals surface area contributed by atoms with E-state index in [-0.39, 0.29) is 7.92 Å². The summed E-state index contributed by atoms with van der Waals surface area (Å²) >= 11 is 0. The van der Waals surface area contributed by atoms with Crippen LogP contribution in [0.1, 0.15) is 23.7 Å². The summed E-state index contributed by atoms with van der Waals surface area (Å²) in [5, 5.41) is 6.91. The molecular weight excluding hydrogens is 379 g/mol. The molecule has 0 amide bonds. The predicted octanol–water partition coefficient (Wildman–Crippen LogP) is 8.04. The highest BCUT2D eigenvalue weighted by Crippen LogP contribution is 2.59. The Labute approximate surface area is 178 Å². The van der Waals surface area contributed by atoms with Crippen molar-refractivity contribution in [3.63, 3.8) is 0 Å². The molecule has 1 unspecified atom stereocenters. The van der Waals surface area contributed by atoms with Crippen molar-refractivity contribution in [3.05, 3.63) is 114 Å². The second kappa shape index (κ2) is 7.08. The number of fused-ring (bicyclic) bond motifs is 7. The number of hydrogen-bond acceptors (Lipinski definition) is 0. The van der Waals surface area contributed by atoms with Crippen LogP contribution in [0.2, 0.25) is 0 Å². The Balaban J connectivity index is 1.75. The molecule has 5 aromatic rings. The average Bonchev–Trinajstić information content (AvgIpc) is 2.94. The molecule has 0 saturated heterocycles. The maximum absolute atomic E-state index is 2.44. The Morgan fingerprint density at radius 1 is 0.600 bits per heavy atom. The molecule has 1 aliphatic heterocycles. The van der Waals surface area contributed by atoms with Gasteiger partial charge in [0.2, 0.25) is 0 Å². The second-order valence-corrected chi connectivity index (χ2v) is 10.8. The average molecular weight is 402 g/mol. The van der Waals surface area contributed by atoms with Crippen LogP contribution in [0.25, 0.3) is 32.7 Å². The summed E-state index contributed by atoms with van der Waals surface area (Å²) in [6, 6.07) is 38.4. The quantitative estimate of drug-likeness (QED) is 0.249. The first-order chi connectivity index (χ1) is 14.8. The molecule has 2 atom stereocenters. The summed E-state index contributed by atoms with van der Waals surface area (Å²) in [6.45, 7) is 2.44. The van der Waals surface area contributed by atoms with Crippen molar-refractivity contribution in [1.82, 2.24) is 0 Å². The molecule has 0 aromatic heterocycles. The summed E-state index contributed by atoms with van der Waals surface area (Å²) in [4.78, 5) is 0. The van der Waals surface area contributed by atoms with Gasteiger partial charge in [0.25, 0.3) is 0 Å². The first kappa shape index (κ1) is 17.9. The zero-order valence-electron chi connectivity index (χ0n) is 17.0. The fourth-order valence-electron chi connectivity index (χ4n) is 5.08. The van der Waals surface area contributed by atoms with Crippen LogP contribution in [-0.2, 0) is 6.16 Å². The first-order valence-electron chi connectivity index (χ1n) is 10.7. The van der Waals surface area contributed by atoms with Crippen molar-refractivity contribution < 1.29 is 0 Å². The highest BCUT2D eigenvalue weighted by molar-refractivity contribution is 7.65. The predicted molar refractivity (Wildman–Crippen MR) is 132 cm³/mol. The zero-order valence-corrected chi connectivity index (χ0v) is 17.9. The summed E-state index contributed by atoms with van der Waals surface area (Å²) in [5.74, 6) is 0. The van der Waals surface area contributed by atoms with Crippen molar-refractivity contribution in [3.8, 4) is 11.1 Å². The van der Waals surface area contributed by atoms with Gasteiger partial charge in [0.1, 0.15) is 0 Å². The normalized spacial score (nSPS) is 18.0. The minimum atomic E-state index is -0.339. The van der Waals surface area contributed by atoms with E-state index in [2.05, 4.69) is 110 Å². The van der Waals surface area contributed by atoms with Gasteiger partial charge in [0, 0.05) is 5.66 Å². The van der Waals surface area contributed by atoms with Crippen molar-refractivity contribution in [2.24, 2.45) is 0 Å². The van der Waals surface area contributed by atoms with Crippen LogP contribution >= 0.6 is 7.92 Å². The second-order valence-electron chi connectivity index (χ2n) is 8.21. The Hall–Kier alpha value is -2.95. The summed E-state index contributed by atoms with van der Waals surface area (Å²) in [6.07, 6.45) is 1.13. The van der Waals surface area contributed by atoms with E-state index >= 15 is 0 Å². The van der Waals surface area contributed by atoms with Gasteiger partial charge in [-0.15, -0.1) is 0 Å². The Morgan fingerprint density at radius 3 is 1.93 bits per heavy atom. The van der Waals surface area contributed by atoms with Crippen LogP contribution < -0.4 is 5.30 Å². The Kier molecular flexibility index (Phi) is 4.22. The zero-order chi connectivity index (χ0) is 20.1. The lowest BCUT2D eigenvalue weighted by Crippen LogP contribution is -2.06. The number of hydrogen-bond donors (Lipinski definition) is 0. The van der Waals surface area contributed by atoms with E-state index in [0.717, 1.165) is 6.16 Å². The van der Waals surface area contributed by atoms with E-state index < -0.39 is 0 Å². The van der Waals surface area contributed by atoms with E-state index in [0.29, 0.717) is 5.66 Å². The maximum atomic E-state index is 2.44. The minimum Gasteiger partial charge on any atom is -0.0634 e. The molecule has 0 bridgehead atoms. The Morgan fingerprint density at radius 2 is 1.20 bits per heavy atom. The highest BCUT2D eigenvalue weighted by atomic mass is 31.1. The highest BCUT2D eigenvalue weighted by Gasteiger charge is 2.30. The van der Waals surface area contributed by atoms with Crippen LogP contribution in [0.3, 0.4) is 0 Å². The molecule has 1 aliphatic rings. The van der Waals surface area contributed by atoms with E-state index in [1.807, 2.05) is 0 Å². The molecule has 0 fully saturated rings. The summed E-state index contributed by atoms with van der Waals surface area (Å²) < 4.78 is 0. The molecule has 0 saturated carbocycles. The molecule has 0 N–H and O–H groups in total. The molecule has 0 spiro atoms. The molecule has 1 heteroatoms. The maximum Gasteiger partial charge on any atom is 0.00629 e. The molecule has 144 valence electrons. The number of benzene rings is 5. The summed E-state index contributed by atoms with van der Waals surface area (Å²) in [7, 11) is -0.339. The van der Waals surface area contributed by atoms with E-state index in [9.17, 15) is 0 Å². The van der Waals surface area contributed by atoms with E-state index in [1.54, 1.807) is 0 Å². The van der Waals surface area contributed by atoms with Gasteiger partial charge >= 0.3 is 0 Å². The topological polar surface area (TPSA) is 0 Å². The van der Waals surface area contributed by atoms with Gasteiger partial charge in [-0.05, 0) is 55.3 Å². The lowest BCUT2D eigenvalue weighted by Gasteiger charge is -2.25. The van der Waals surface area contributed by atoms with Crippen LogP contribution in [0, 0.1) is 0 Å². The minimum absolute atomic E-state index is 0.339.